The fourth-order valence-electron chi connectivity index (χ4n) is 13.2. The molecule has 4 saturated heterocycles. The van der Waals surface area contributed by atoms with Gasteiger partial charge in [-0.2, -0.15) is 0 Å². The molecule has 4 aromatic rings. The maximum Gasteiger partial charge on any atom is 0.328 e. The van der Waals surface area contributed by atoms with Gasteiger partial charge >= 0.3 is 5.97 Å². The molecule has 110 heavy (non-hydrogen) atoms. The molecule has 4 fully saturated rings. The molecule has 9 rings (SSSR count). The maximum atomic E-state index is 13.9. The number of nitrogens with two attached hydrogens (primary N) is 1. The van der Waals surface area contributed by atoms with E-state index in [9.17, 15) is 49.0 Å². The molecule has 4 amide bonds. The SMILES string of the molecule is C=C1C[C@@H](CO[Si](C)(C)C(C)(C)C)N(C(=O)c2cc(OC)c(OCCCCCOc3cc([N+](=O)[O-])c(C(=O)N4CC(=C)C[C@H]4C(=O)OC)cc3OC)cc2[N+](=O)[O-])C1.C=C1C[C@@H](CO[Si](C)(C)C(C)(C)C)N(C(=O)c2cc(OC)c(OCCCCCOc3cc4c(cc3OC)C(=O)N3CC(=C)C[C@H]3C(=O)C4)cc2N)C1. The van der Waals surface area contributed by atoms with Crippen LogP contribution in [0.1, 0.15) is 153 Å². The van der Waals surface area contributed by atoms with E-state index in [1.54, 1.807) is 41.2 Å². The van der Waals surface area contributed by atoms with Crippen LogP contribution in [0.3, 0.4) is 0 Å². The summed E-state index contributed by atoms with van der Waals surface area (Å²) in [4.78, 5) is 109. The minimum atomic E-state index is -2.13. The van der Waals surface area contributed by atoms with E-state index >= 15 is 0 Å². The Morgan fingerprint density at radius 3 is 1.29 bits per heavy atom. The van der Waals surface area contributed by atoms with Crippen LogP contribution in [0.15, 0.2) is 97.1 Å². The summed E-state index contributed by atoms with van der Waals surface area (Å²) in [6.45, 7) is 40.8. The van der Waals surface area contributed by atoms with Gasteiger partial charge in [-0.1, -0.05) is 90.2 Å². The number of hydrogen-bond donors (Lipinski definition) is 1. The lowest BCUT2D eigenvalue weighted by Crippen LogP contribution is -2.46. The number of carbonyl (C=O) groups excluding carboxylic acids is 6. The molecule has 0 spiro atoms. The number of nitro groups is 2. The number of rotatable bonds is 32. The third kappa shape index (κ3) is 20.2. The topological polar surface area (TPSA) is 329 Å². The molecule has 30 heteroatoms. The van der Waals surface area contributed by atoms with Crippen molar-refractivity contribution in [1.82, 2.24) is 19.6 Å². The van der Waals surface area contributed by atoms with Crippen LogP contribution in [0, 0.1) is 20.2 Å². The lowest BCUT2D eigenvalue weighted by atomic mass is 9.99. The summed E-state index contributed by atoms with van der Waals surface area (Å²) in [5, 5.41) is 24.3. The van der Waals surface area contributed by atoms with Crippen LogP contribution in [0.2, 0.25) is 36.3 Å². The van der Waals surface area contributed by atoms with Crippen molar-refractivity contribution in [2.24, 2.45) is 0 Å². The van der Waals surface area contributed by atoms with Gasteiger partial charge < -0.3 is 76.8 Å². The number of nitrogens with zero attached hydrogens (tertiary/aromatic N) is 6. The highest BCUT2D eigenvalue weighted by Gasteiger charge is 2.45. The molecular weight excluding hydrogens is 1450 g/mol. The first-order valence-corrected chi connectivity index (χ1v) is 42.8. The number of fused-ring (bicyclic) bond motifs is 2. The normalized spacial score (nSPS) is 18.0. The Hall–Kier alpha value is -9.79. The molecule has 5 heterocycles. The number of likely N-dealkylation sites (tertiary alicyclic amines) is 3. The highest BCUT2D eigenvalue weighted by molar-refractivity contribution is 6.74. The van der Waals surface area contributed by atoms with E-state index in [4.69, 9.17) is 57.2 Å². The van der Waals surface area contributed by atoms with Crippen LogP contribution in [0.25, 0.3) is 0 Å². The number of esters is 1. The summed E-state index contributed by atoms with van der Waals surface area (Å²) in [6.07, 6.45) is 5.96. The third-order valence-corrected chi connectivity index (χ3v) is 30.6. The van der Waals surface area contributed by atoms with Gasteiger partial charge in [-0.05, 0) is 118 Å². The van der Waals surface area contributed by atoms with Crippen molar-refractivity contribution >= 4 is 69.1 Å². The highest BCUT2D eigenvalue weighted by Crippen LogP contribution is 2.44. The van der Waals surface area contributed by atoms with Gasteiger partial charge in [-0.25, -0.2) is 4.79 Å². The van der Waals surface area contributed by atoms with Crippen molar-refractivity contribution < 1.29 is 90.1 Å². The van der Waals surface area contributed by atoms with Crippen molar-refractivity contribution in [3.05, 3.63) is 145 Å². The van der Waals surface area contributed by atoms with Gasteiger partial charge in [0, 0.05) is 68.5 Å². The van der Waals surface area contributed by atoms with Crippen LogP contribution in [0.4, 0.5) is 17.1 Å². The molecule has 5 aliphatic rings. The maximum absolute atomic E-state index is 13.9. The van der Waals surface area contributed by atoms with Crippen molar-refractivity contribution in [2.75, 3.05) is 107 Å². The number of carbonyl (C=O) groups is 6. The Morgan fingerprint density at radius 2 is 0.873 bits per heavy atom. The second-order valence-corrected chi connectivity index (χ2v) is 41.1. The van der Waals surface area contributed by atoms with Gasteiger partial charge in [0.25, 0.3) is 35.0 Å². The van der Waals surface area contributed by atoms with E-state index < -0.39 is 67.7 Å². The van der Waals surface area contributed by atoms with Crippen LogP contribution in [-0.4, -0.2) is 207 Å². The Morgan fingerprint density at radius 1 is 0.500 bits per heavy atom. The monoisotopic (exact) mass is 1560 g/mol. The van der Waals surface area contributed by atoms with E-state index in [-0.39, 0.29) is 113 Å². The number of unbranched alkanes of at least 4 members (excludes halogenated alkanes) is 4. The highest BCUT2D eigenvalue weighted by atomic mass is 28.4. The zero-order valence-electron chi connectivity index (χ0n) is 66.4. The van der Waals surface area contributed by atoms with Crippen molar-refractivity contribution in [3.63, 3.8) is 0 Å². The molecule has 2 N–H and O–H groups in total. The van der Waals surface area contributed by atoms with E-state index in [2.05, 4.69) is 94.0 Å². The van der Waals surface area contributed by atoms with Gasteiger partial charge in [-0.15, -0.1) is 0 Å². The predicted octanol–water partition coefficient (Wildman–Crippen LogP) is 13.5. The number of anilines is 1. The van der Waals surface area contributed by atoms with Crippen LogP contribution < -0.4 is 43.6 Å². The zero-order chi connectivity index (χ0) is 81.1. The van der Waals surface area contributed by atoms with Gasteiger partial charge in [-0.3, -0.25) is 44.2 Å². The van der Waals surface area contributed by atoms with Gasteiger partial charge in [0.1, 0.15) is 17.2 Å². The second kappa shape index (κ2) is 36.4. The number of ketones is 1. The summed E-state index contributed by atoms with van der Waals surface area (Å²) in [5.41, 5.74) is 10.2. The third-order valence-electron chi connectivity index (χ3n) is 21.6. The number of benzene rings is 4. The molecule has 0 saturated carbocycles. The Kier molecular flexibility index (Phi) is 28.4. The molecule has 5 aliphatic heterocycles. The van der Waals surface area contributed by atoms with Crippen LogP contribution >= 0.6 is 0 Å². The van der Waals surface area contributed by atoms with E-state index in [0.29, 0.717) is 129 Å². The van der Waals surface area contributed by atoms with Crippen LogP contribution in [0.5, 0.6) is 46.0 Å². The molecule has 0 unspecified atom stereocenters. The largest absolute Gasteiger partial charge is 0.493 e. The minimum Gasteiger partial charge on any atom is -0.493 e. The number of ether oxygens (including phenoxy) is 9. The van der Waals surface area contributed by atoms with E-state index in [1.165, 1.54) is 51.5 Å². The Balaban J connectivity index is 0.000000278. The smallest absolute Gasteiger partial charge is 0.328 e. The fourth-order valence-corrected chi connectivity index (χ4v) is 15.3. The number of methoxy groups -OCH3 is 5. The van der Waals surface area contributed by atoms with E-state index in [1.807, 2.05) is 4.90 Å². The zero-order valence-corrected chi connectivity index (χ0v) is 68.4. The first kappa shape index (κ1) is 85.8. The molecule has 28 nitrogen and oxygen atoms in total. The average Bonchev–Trinajstić information content (AvgIpc) is 1.59. The molecule has 4 aromatic carbocycles. The lowest BCUT2D eigenvalue weighted by molar-refractivity contribution is -0.385. The molecule has 598 valence electrons. The van der Waals surface area contributed by atoms with Crippen molar-refractivity contribution in [3.8, 4) is 46.0 Å². The molecule has 4 atom stereocenters. The van der Waals surface area contributed by atoms with Crippen molar-refractivity contribution in [1.29, 1.82) is 0 Å². The summed E-state index contributed by atoms with van der Waals surface area (Å²) >= 11 is 0. The summed E-state index contributed by atoms with van der Waals surface area (Å²) in [5.74, 6) is 0.00735. The quantitative estimate of drug-likeness (QED) is 0.00902. The number of Topliss-reactive ketones (excluding diaryl/α,β-unsaturated/α-hetero) is 1. The first-order valence-electron chi connectivity index (χ1n) is 37.0. The minimum absolute atomic E-state index is 0.00983. The average molecular weight is 1560 g/mol. The Bertz CT molecular complexity index is 4200. The molecule has 0 bridgehead atoms. The number of hydrogen-bond acceptors (Lipinski definition) is 22. The van der Waals surface area contributed by atoms with Crippen LogP contribution in [-0.2, 0) is 29.6 Å². The van der Waals surface area contributed by atoms with E-state index in [0.717, 1.165) is 42.0 Å². The summed E-state index contributed by atoms with van der Waals surface area (Å²) in [7, 11) is 2.87. The summed E-state index contributed by atoms with van der Waals surface area (Å²) < 4.78 is 63.6. The predicted molar refractivity (Wildman–Crippen MR) is 421 cm³/mol. The Labute approximate surface area is 646 Å². The lowest BCUT2D eigenvalue weighted by Gasteiger charge is -2.38. The second-order valence-electron chi connectivity index (χ2n) is 31.5. The fraction of sp³-hybridized carbons (Fsp3) is 0.525. The molecular formula is C80H109N7O21Si2. The first-order chi connectivity index (χ1) is 51.8. The number of amides is 4. The molecule has 0 aliphatic carbocycles. The van der Waals surface area contributed by atoms with Gasteiger partial charge in [0.15, 0.2) is 68.4 Å². The van der Waals surface area contributed by atoms with Gasteiger partial charge in [0.05, 0.1) is 121 Å². The number of nitro benzene ring substituents is 2. The molecule has 0 radical (unpaired) electrons. The molecule has 0 aromatic heterocycles. The van der Waals surface area contributed by atoms with Gasteiger partial charge in [0.2, 0.25) is 0 Å². The van der Waals surface area contributed by atoms with Crippen molar-refractivity contribution in [2.45, 2.75) is 173 Å². The standard InChI is InChI=1S/C40H54N4O13Si.C40H55N3O8Si/c1-25-16-27(24-57-58(9,10)40(3,4)5)41(22-25)37(45)28-18-33(52-6)35(20-30(28)43(48)49)55-14-12-11-13-15-56-36-21-31(44(50)51)29(19-34(36)53-7)38(46)42-23-26(2)17-32(42)39(47)54-8;1-25-15-28(24-51-52(8,9)40(3,4)5)42(22-25)39(46)30-20-35(48-7)37(21-31(30)41)50-14-12-10-11-13-49-36-18-27-17-33(44)32-16-26(2)23-43(32)38(45)29(27)19-34(36)47-6/h18-21,27,32H,1-2,11-17,22-24H2,3-10H3;18-21,28,32H,1-2,10-17,22-24,41H2,3-9H3/t27-,32-;28-,32-/m00/s1. The summed E-state index contributed by atoms with van der Waals surface area (Å²) in [6, 6.07) is 9.79. The number of nitrogen functional groups attached to an aromatic ring is 1.